The van der Waals surface area contributed by atoms with Crippen molar-refractivity contribution in [3.8, 4) is 6.07 Å². The molecular formula is C17H16N2O3. The highest BCUT2D eigenvalue weighted by molar-refractivity contribution is 5.98. The van der Waals surface area contributed by atoms with Crippen LogP contribution in [0.25, 0.3) is 17.0 Å². The van der Waals surface area contributed by atoms with E-state index < -0.39 is 5.97 Å². The van der Waals surface area contributed by atoms with Crippen LogP contribution < -0.4 is 5.56 Å². The summed E-state index contributed by atoms with van der Waals surface area (Å²) in [5.41, 5.74) is 2.49. The Bertz CT molecular complexity index is 870. The van der Waals surface area contributed by atoms with Crippen molar-refractivity contribution in [1.82, 2.24) is 4.98 Å². The molecule has 1 aromatic heterocycles. The summed E-state index contributed by atoms with van der Waals surface area (Å²) in [4.78, 5) is 26.5. The number of fused-ring (bicyclic) bond motifs is 1. The van der Waals surface area contributed by atoms with E-state index in [1.165, 1.54) is 6.08 Å². The van der Waals surface area contributed by atoms with Crippen LogP contribution in [0.3, 0.4) is 0 Å². The minimum atomic E-state index is -0.731. The van der Waals surface area contributed by atoms with Gasteiger partial charge in [0.25, 0.3) is 5.56 Å². The summed E-state index contributed by atoms with van der Waals surface area (Å²) in [5.74, 6) is -0.731. The first kappa shape index (κ1) is 15.5. The van der Waals surface area contributed by atoms with Gasteiger partial charge in [0, 0.05) is 16.5 Å². The molecule has 0 aliphatic heterocycles. The van der Waals surface area contributed by atoms with E-state index >= 15 is 0 Å². The third-order valence-electron chi connectivity index (χ3n) is 3.26. The Labute approximate surface area is 127 Å². The van der Waals surface area contributed by atoms with Gasteiger partial charge in [0.1, 0.15) is 11.6 Å². The Balaban J connectivity index is 2.61. The fraction of sp³-hybridized carbons (Fsp3) is 0.235. The average molecular weight is 296 g/mol. The molecule has 0 amide bonds. The maximum absolute atomic E-state index is 12.1. The van der Waals surface area contributed by atoms with E-state index in [1.54, 1.807) is 19.1 Å². The number of nitrogens with zero attached hydrogens (tertiary/aromatic N) is 1. The molecule has 2 rings (SSSR count). The molecule has 0 saturated heterocycles. The van der Waals surface area contributed by atoms with Crippen LogP contribution in [0.5, 0.6) is 0 Å². The summed E-state index contributed by atoms with van der Waals surface area (Å²) in [6, 6.07) is 7.34. The highest BCUT2D eigenvalue weighted by Gasteiger charge is 2.12. The maximum Gasteiger partial charge on any atom is 0.348 e. The predicted octanol–water partition coefficient (Wildman–Crippen LogP) is 2.62. The zero-order valence-corrected chi connectivity index (χ0v) is 12.7. The number of esters is 1. The van der Waals surface area contributed by atoms with Crippen LogP contribution in [0.1, 0.15) is 23.6 Å². The Morgan fingerprint density at radius 3 is 2.73 bits per heavy atom. The largest absolute Gasteiger partial charge is 0.462 e. The topological polar surface area (TPSA) is 82.9 Å². The molecule has 0 radical (unpaired) electrons. The number of nitrogens with one attached hydrogen (secondary N) is 1. The van der Waals surface area contributed by atoms with Gasteiger partial charge >= 0.3 is 5.97 Å². The van der Waals surface area contributed by atoms with E-state index in [0.717, 1.165) is 22.0 Å². The molecule has 1 heterocycles. The summed E-state index contributed by atoms with van der Waals surface area (Å²) in [5, 5.41) is 9.92. The van der Waals surface area contributed by atoms with Gasteiger partial charge < -0.3 is 9.72 Å². The molecule has 112 valence electrons. The molecule has 1 aromatic carbocycles. The third-order valence-corrected chi connectivity index (χ3v) is 3.26. The normalized spacial score (nSPS) is 11.3. The second-order valence-electron chi connectivity index (χ2n) is 4.99. The van der Waals surface area contributed by atoms with Crippen molar-refractivity contribution < 1.29 is 9.53 Å². The molecule has 0 bridgehead atoms. The van der Waals surface area contributed by atoms with E-state index in [9.17, 15) is 9.59 Å². The molecule has 22 heavy (non-hydrogen) atoms. The van der Waals surface area contributed by atoms with E-state index in [1.807, 2.05) is 26.0 Å². The van der Waals surface area contributed by atoms with Crippen molar-refractivity contribution in [2.75, 3.05) is 6.61 Å². The molecule has 0 atom stereocenters. The second kappa shape index (κ2) is 6.27. The molecule has 0 unspecified atom stereocenters. The highest BCUT2D eigenvalue weighted by Crippen LogP contribution is 2.19. The first-order valence-electron chi connectivity index (χ1n) is 6.89. The lowest BCUT2D eigenvalue weighted by molar-refractivity contribution is -0.137. The van der Waals surface area contributed by atoms with E-state index in [2.05, 4.69) is 4.98 Å². The van der Waals surface area contributed by atoms with Gasteiger partial charge in [-0.15, -0.1) is 0 Å². The number of aryl methyl sites for hydroxylation is 2. The quantitative estimate of drug-likeness (QED) is 0.536. The summed E-state index contributed by atoms with van der Waals surface area (Å²) in [7, 11) is 0. The first-order valence-corrected chi connectivity index (χ1v) is 6.89. The number of pyridine rings is 1. The second-order valence-corrected chi connectivity index (χ2v) is 4.99. The third kappa shape index (κ3) is 3.07. The lowest BCUT2D eigenvalue weighted by atomic mass is 10.0. The summed E-state index contributed by atoms with van der Waals surface area (Å²) in [6.07, 6.45) is 1.26. The number of ether oxygens (including phenoxy) is 1. The number of nitriles is 1. The van der Waals surface area contributed by atoms with Crippen molar-refractivity contribution in [3.63, 3.8) is 0 Å². The Kier molecular flexibility index (Phi) is 4.42. The number of hydrogen-bond acceptors (Lipinski definition) is 4. The summed E-state index contributed by atoms with van der Waals surface area (Å²) >= 11 is 0. The van der Waals surface area contributed by atoms with Gasteiger partial charge in [0.05, 0.1) is 6.61 Å². The van der Waals surface area contributed by atoms with Crippen molar-refractivity contribution in [2.45, 2.75) is 20.8 Å². The number of benzene rings is 1. The van der Waals surface area contributed by atoms with Crippen LogP contribution in [-0.4, -0.2) is 17.6 Å². The molecule has 5 nitrogen and oxygen atoms in total. The van der Waals surface area contributed by atoms with Crippen LogP contribution in [0, 0.1) is 25.2 Å². The number of carbonyl (C=O) groups is 1. The van der Waals surface area contributed by atoms with Crippen LogP contribution in [-0.2, 0) is 9.53 Å². The van der Waals surface area contributed by atoms with Crippen molar-refractivity contribution in [3.05, 3.63) is 50.8 Å². The monoisotopic (exact) mass is 296 g/mol. The molecule has 5 heteroatoms. The molecule has 0 saturated carbocycles. The summed E-state index contributed by atoms with van der Waals surface area (Å²) < 4.78 is 4.79. The first-order chi connectivity index (χ1) is 10.5. The zero-order chi connectivity index (χ0) is 16.3. The van der Waals surface area contributed by atoms with Gasteiger partial charge in [0.2, 0.25) is 0 Å². The smallest absolute Gasteiger partial charge is 0.348 e. The number of aromatic nitrogens is 1. The molecule has 0 aliphatic rings. The van der Waals surface area contributed by atoms with Crippen LogP contribution >= 0.6 is 0 Å². The van der Waals surface area contributed by atoms with Gasteiger partial charge in [-0.3, -0.25) is 4.79 Å². The van der Waals surface area contributed by atoms with E-state index in [-0.39, 0.29) is 23.3 Å². The van der Waals surface area contributed by atoms with Crippen molar-refractivity contribution >= 4 is 22.9 Å². The van der Waals surface area contributed by atoms with E-state index in [0.29, 0.717) is 0 Å². The molecular weight excluding hydrogens is 280 g/mol. The lowest BCUT2D eigenvalue weighted by Crippen LogP contribution is -2.12. The van der Waals surface area contributed by atoms with Gasteiger partial charge in [-0.05, 0) is 50.1 Å². The number of hydrogen-bond donors (Lipinski definition) is 1. The van der Waals surface area contributed by atoms with Crippen molar-refractivity contribution in [2.24, 2.45) is 0 Å². The van der Waals surface area contributed by atoms with Gasteiger partial charge in [-0.1, -0.05) is 6.07 Å². The minimum absolute atomic E-state index is 0.171. The van der Waals surface area contributed by atoms with Crippen LogP contribution in [0.2, 0.25) is 0 Å². The number of rotatable bonds is 3. The zero-order valence-electron chi connectivity index (χ0n) is 12.7. The number of H-pyrrole nitrogens is 1. The lowest BCUT2D eigenvalue weighted by Gasteiger charge is -2.06. The molecule has 0 spiro atoms. The fourth-order valence-electron chi connectivity index (χ4n) is 2.30. The van der Waals surface area contributed by atoms with E-state index in [4.69, 9.17) is 10.00 Å². The van der Waals surface area contributed by atoms with Crippen molar-refractivity contribution in [1.29, 1.82) is 5.26 Å². The Morgan fingerprint density at radius 2 is 2.09 bits per heavy atom. The predicted molar refractivity (Wildman–Crippen MR) is 84.3 cm³/mol. The average Bonchev–Trinajstić information content (AvgIpc) is 2.45. The molecule has 0 fully saturated rings. The Morgan fingerprint density at radius 1 is 1.36 bits per heavy atom. The maximum atomic E-state index is 12.1. The van der Waals surface area contributed by atoms with Crippen LogP contribution in [0.4, 0.5) is 0 Å². The summed E-state index contributed by atoms with van der Waals surface area (Å²) in [6.45, 7) is 5.72. The SMILES string of the molecule is CCOC(=O)/C(C#N)=C\c1cc2c(C)cc(C)cc2[nH]c1=O. The van der Waals surface area contributed by atoms with Gasteiger partial charge in [-0.25, -0.2) is 4.79 Å². The number of aromatic amines is 1. The molecule has 1 N–H and O–H groups in total. The molecule has 2 aromatic rings. The highest BCUT2D eigenvalue weighted by atomic mass is 16.5. The molecule has 0 aliphatic carbocycles. The van der Waals surface area contributed by atoms with Crippen LogP contribution in [0.15, 0.2) is 28.6 Å². The minimum Gasteiger partial charge on any atom is -0.462 e. The fourth-order valence-corrected chi connectivity index (χ4v) is 2.30. The standard InChI is InChI=1S/C17H16N2O3/c1-4-22-17(21)13(9-18)7-12-8-14-11(3)5-10(2)6-15(14)19-16(12)20/h5-8H,4H2,1-3H3,(H,19,20)/b13-7-. The van der Waals surface area contributed by atoms with Gasteiger partial charge in [-0.2, -0.15) is 5.26 Å². The Hall–Kier alpha value is -2.87. The number of carbonyl (C=O) groups excluding carboxylic acids is 1. The van der Waals surface area contributed by atoms with Gasteiger partial charge in [0.15, 0.2) is 0 Å².